The van der Waals surface area contributed by atoms with Gasteiger partial charge in [0.25, 0.3) is 0 Å². The molecule has 0 saturated carbocycles. The van der Waals surface area contributed by atoms with Gasteiger partial charge >= 0.3 is 0 Å². The van der Waals surface area contributed by atoms with E-state index in [1.54, 1.807) is 0 Å². The van der Waals surface area contributed by atoms with E-state index in [4.69, 9.17) is 0 Å². The molecule has 3 nitrogen and oxygen atoms in total. The molecule has 3 aromatic rings. The predicted octanol–water partition coefficient (Wildman–Crippen LogP) is 5.70. The zero-order valence-corrected chi connectivity index (χ0v) is 16.8. The molecule has 3 aromatic carbocycles. The smallest absolute Gasteiger partial charge is 0.142 e. The summed E-state index contributed by atoms with van der Waals surface area (Å²) in [5, 5.41) is 6.96. The number of carbonyl (C=O) groups excluding carboxylic acids is 1. The average Bonchev–Trinajstić information content (AvgIpc) is 2.71. The van der Waals surface area contributed by atoms with E-state index >= 15 is 0 Å². The lowest BCUT2D eigenvalue weighted by atomic mass is 10.0. The zero-order valence-electron chi connectivity index (χ0n) is 16.8. The number of hydrogen-bond acceptors (Lipinski definition) is 3. The molecule has 0 radical (unpaired) electrons. The normalized spacial score (nSPS) is 12.8. The maximum atomic E-state index is 11.7. The van der Waals surface area contributed by atoms with Gasteiger partial charge in [-0.1, -0.05) is 71.8 Å². The fourth-order valence-corrected chi connectivity index (χ4v) is 3.22. The lowest BCUT2D eigenvalue weighted by molar-refractivity contribution is -0.108. The Labute approximate surface area is 167 Å². The van der Waals surface area contributed by atoms with Crippen LogP contribution in [0.5, 0.6) is 0 Å². The summed E-state index contributed by atoms with van der Waals surface area (Å²) in [5.41, 5.74) is 6.78. The predicted molar refractivity (Wildman–Crippen MR) is 118 cm³/mol. The first-order valence-corrected chi connectivity index (χ1v) is 9.74. The van der Waals surface area contributed by atoms with Gasteiger partial charge in [0.1, 0.15) is 6.29 Å². The van der Waals surface area contributed by atoms with Crippen molar-refractivity contribution in [3.05, 3.63) is 95.1 Å². The minimum Gasteiger partial charge on any atom is -0.377 e. The summed E-state index contributed by atoms with van der Waals surface area (Å²) in [6, 6.07) is 24.8. The molecule has 2 N–H and O–H groups in total. The van der Waals surface area contributed by atoms with E-state index in [1.165, 1.54) is 16.7 Å². The Morgan fingerprint density at radius 2 is 1.32 bits per heavy atom. The minimum absolute atomic E-state index is 0.162. The Morgan fingerprint density at radius 3 is 1.89 bits per heavy atom. The SMILES string of the molecule is Cc1ccc(CC(C=O)Nc2ccccc2NC(C)c2ccc(C)cc2)cc1. The van der Waals surface area contributed by atoms with Crippen LogP contribution in [0.2, 0.25) is 0 Å². The van der Waals surface area contributed by atoms with Crippen molar-refractivity contribution < 1.29 is 4.79 Å². The van der Waals surface area contributed by atoms with Crippen molar-refractivity contribution in [2.24, 2.45) is 0 Å². The molecule has 0 fully saturated rings. The van der Waals surface area contributed by atoms with Gasteiger partial charge in [-0.05, 0) is 50.5 Å². The van der Waals surface area contributed by atoms with Crippen molar-refractivity contribution in [3.8, 4) is 0 Å². The van der Waals surface area contributed by atoms with E-state index in [9.17, 15) is 4.79 Å². The number of benzene rings is 3. The molecule has 3 heteroatoms. The molecule has 2 atom stereocenters. The summed E-state index contributed by atoms with van der Waals surface area (Å²) >= 11 is 0. The van der Waals surface area contributed by atoms with Crippen LogP contribution in [-0.4, -0.2) is 12.3 Å². The lowest BCUT2D eigenvalue weighted by Crippen LogP contribution is -2.24. The zero-order chi connectivity index (χ0) is 19.9. The van der Waals surface area contributed by atoms with E-state index < -0.39 is 0 Å². The molecule has 0 amide bonds. The molecule has 3 rings (SSSR count). The Bertz CT molecular complexity index is 901. The number of nitrogens with one attached hydrogen (secondary N) is 2. The van der Waals surface area contributed by atoms with Crippen LogP contribution in [0.25, 0.3) is 0 Å². The van der Waals surface area contributed by atoms with Crippen LogP contribution in [0.1, 0.15) is 35.2 Å². The number of aldehydes is 1. The molecule has 2 unspecified atom stereocenters. The highest BCUT2D eigenvalue weighted by Gasteiger charge is 2.13. The Hall–Kier alpha value is -3.07. The number of hydrogen-bond donors (Lipinski definition) is 2. The number of aryl methyl sites for hydroxylation is 2. The quantitative estimate of drug-likeness (QED) is 0.498. The molecule has 0 aliphatic carbocycles. The van der Waals surface area contributed by atoms with Crippen molar-refractivity contribution in [2.75, 3.05) is 10.6 Å². The van der Waals surface area contributed by atoms with Gasteiger partial charge in [-0.3, -0.25) is 0 Å². The second-order valence-corrected chi connectivity index (χ2v) is 7.40. The highest BCUT2D eigenvalue weighted by atomic mass is 16.1. The second-order valence-electron chi connectivity index (χ2n) is 7.40. The first-order chi connectivity index (χ1) is 13.5. The molecule has 28 heavy (non-hydrogen) atoms. The third kappa shape index (κ3) is 5.23. The molecule has 0 aromatic heterocycles. The first kappa shape index (κ1) is 19.7. The van der Waals surface area contributed by atoms with Crippen LogP contribution >= 0.6 is 0 Å². The van der Waals surface area contributed by atoms with Crippen LogP contribution in [0, 0.1) is 13.8 Å². The van der Waals surface area contributed by atoms with E-state index in [1.807, 2.05) is 24.3 Å². The Balaban J connectivity index is 1.72. The summed E-state index contributed by atoms with van der Waals surface area (Å²) in [5.74, 6) is 0. The molecule has 0 aliphatic heterocycles. The fourth-order valence-electron chi connectivity index (χ4n) is 3.22. The summed E-state index contributed by atoms with van der Waals surface area (Å²) in [7, 11) is 0. The highest BCUT2D eigenvalue weighted by Crippen LogP contribution is 2.27. The van der Waals surface area contributed by atoms with Gasteiger partial charge in [-0.25, -0.2) is 0 Å². The van der Waals surface area contributed by atoms with Crippen LogP contribution in [0.15, 0.2) is 72.8 Å². The topological polar surface area (TPSA) is 41.1 Å². The summed E-state index contributed by atoms with van der Waals surface area (Å²) in [4.78, 5) is 11.7. The molecule has 0 aliphatic rings. The van der Waals surface area contributed by atoms with Gasteiger partial charge < -0.3 is 15.4 Å². The van der Waals surface area contributed by atoms with Crippen molar-refractivity contribution in [1.82, 2.24) is 0 Å². The van der Waals surface area contributed by atoms with Gasteiger partial charge in [0.15, 0.2) is 0 Å². The van der Waals surface area contributed by atoms with Gasteiger partial charge in [0.2, 0.25) is 0 Å². The lowest BCUT2D eigenvalue weighted by Gasteiger charge is -2.21. The fraction of sp³-hybridized carbons (Fsp3) is 0.240. The third-order valence-electron chi connectivity index (χ3n) is 4.96. The number of carbonyl (C=O) groups is 1. The molecule has 0 heterocycles. The Kier molecular flexibility index (Phi) is 6.49. The molecule has 0 bridgehead atoms. The Morgan fingerprint density at radius 1 is 0.786 bits per heavy atom. The van der Waals surface area contributed by atoms with E-state index in [0.717, 1.165) is 23.2 Å². The molecule has 144 valence electrons. The summed E-state index contributed by atoms with van der Waals surface area (Å²) in [6.45, 7) is 6.30. The van der Waals surface area contributed by atoms with Crippen molar-refractivity contribution in [3.63, 3.8) is 0 Å². The maximum Gasteiger partial charge on any atom is 0.142 e. The monoisotopic (exact) mass is 372 g/mol. The molecule has 0 saturated heterocycles. The molecular formula is C25H28N2O. The number of rotatable bonds is 8. The van der Waals surface area contributed by atoms with Gasteiger partial charge in [0, 0.05) is 6.04 Å². The van der Waals surface area contributed by atoms with Crippen LogP contribution < -0.4 is 10.6 Å². The molecule has 0 spiro atoms. The van der Waals surface area contributed by atoms with Crippen LogP contribution in [0.4, 0.5) is 11.4 Å². The van der Waals surface area contributed by atoms with Crippen molar-refractivity contribution in [1.29, 1.82) is 0 Å². The maximum absolute atomic E-state index is 11.7. The van der Waals surface area contributed by atoms with Gasteiger partial charge in [-0.2, -0.15) is 0 Å². The van der Waals surface area contributed by atoms with E-state index in [0.29, 0.717) is 6.42 Å². The van der Waals surface area contributed by atoms with Gasteiger partial charge in [0.05, 0.1) is 17.4 Å². The van der Waals surface area contributed by atoms with Gasteiger partial charge in [-0.15, -0.1) is 0 Å². The van der Waals surface area contributed by atoms with Crippen LogP contribution in [0.3, 0.4) is 0 Å². The molecular weight excluding hydrogens is 344 g/mol. The standard InChI is InChI=1S/C25H28N2O/c1-18-8-12-21(13-9-18)16-23(17-28)27-25-7-5-4-6-24(25)26-20(3)22-14-10-19(2)11-15-22/h4-15,17,20,23,26-27H,16H2,1-3H3. The minimum atomic E-state index is -0.277. The highest BCUT2D eigenvalue weighted by molar-refractivity contribution is 5.74. The average molecular weight is 373 g/mol. The van der Waals surface area contributed by atoms with Crippen molar-refractivity contribution in [2.45, 2.75) is 39.3 Å². The van der Waals surface area contributed by atoms with Crippen LogP contribution in [-0.2, 0) is 11.2 Å². The summed E-state index contributed by atoms with van der Waals surface area (Å²) < 4.78 is 0. The first-order valence-electron chi connectivity index (χ1n) is 9.74. The van der Waals surface area contributed by atoms with Crippen molar-refractivity contribution >= 4 is 17.7 Å². The number of para-hydroxylation sites is 2. The third-order valence-corrected chi connectivity index (χ3v) is 4.96. The van der Waals surface area contributed by atoms with E-state index in [-0.39, 0.29) is 12.1 Å². The second kappa shape index (κ2) is 9.23. The largest absolute Gasteiger partial charge is 0.377 e. The number of anilines is 2. The summed E-state index contributed by atoms with van der Waals surface area (Å²) in [6.07, 6.45) is 1.64. The van der Waals surface area contributed by atoms with E-state index in [2.05, 4.69) is 79.9 Å².